The summed E-state index contributed by atoms with van der Waals surface area (Å²) in [5.41, 5.74) is 5.19. The van der Waals surface area contributed by atoms with E-state index in [1.54, 1.807) is 13.3 Å². The molecule has 0 aliphatic carbocycles. The average molecular weight is 318 g/mol. The van der Waals surface area contributed by atoms with Gasteiger partial charge in [0.1, 0.15) is 11.4 Å². The van der Waals surface area contributed by atoms with Gasteiger partial charge in [0.05, 0.1) is 18.1 Å². The highest BCUT2D eigenvalue weighted by molar-refractivity contribution is 5.83. The molecular formula is C19H18N4O. The molecule has 0 unspecified atom stereocenters. The normalized spacial score (nSPS) is 11.1. The number of hydrogen-bond acceptors (Lipinski definition) is 3. The monoisotopic (exact) mass is 318 g/mol. The molecule has 0 aliphatic rings. The molecule has 2 aromatic carbocycles. The number of aromatic amines is 1. The molecule has 0 amide bonds. The summed E-state index contributed by atoms with van der Waals surface area (Å²) >= 11 is 0. The molecule has 0 bridgehead atoms. The third kappa shape index (κ3) is 2.34. The fraction of sp³-hybridized carbons (Fsp3) is 0.158. The second kappa shape index (κ2) is 5.85. The molecule has 0 aliphatic heterocycles. The number of nitrogens with zero attached hydrogens (tertiary/aromatic N) is 3. The molecule has 2 heterocycles. The van der Waals surface area contributed by atoms with Crippen LogP contribution >= 0.6 is 0 Å². The summed E-state index contributed by atoms with van der Waals surface area (Å²) in [6, 6.07) is 16.4. The van der Waals surface area contributed by atoms with Crippen molar-refractivity contribution in [2.45, 2.75) is 13.3 Å². The second-order valence-electron chi connectivity index (χ2n) is 5.62. The van der Waals surface area contributed by atoms with Gasteiger partial charge in [-0.1, -0.05) is 19.1 Å². The Morgan fingerprint density at radius 3 is 2.58 bits per heavy atom. The number of rotatable bonds is 4. The minimum absolute atomic E-state index is 0.796. The van der Waals surface area contributed by atoms with Gasteiger partial charge in [-0.05, 0) is 42.3 Å². The Morgan fingerprint density at radius 1 is 1.08 bits per heavy atom. The van der Waals surface area contributed by atoms with Crippen LogP contribution in [0.2, 0.25) is 0 Å². The van der Waals surface area contributed by atoms with E-state index in [4.69, 9.17) is 9.72 Å². The zero-order chi connectivity index (χ0) is 16.5. The quantitative estimate of drug-likeness (QED) is 0.619. The largest absolute Gasteiger partial charge is 0.497 e. The van der Waals surface area contributed by atoms with Crippen LogP contribution in [0.15, 0.2) is 54.7 Å². The Bertz CT molecular complexity index is 969. The first-order valence-electron chi connectivity index (χ1n) is 7.95. The van der Waals surface area contributed by atoms with Crippen LogP contribution in [0.5, 0.6) is 5.75 Å². The SMILES string of the molecule is CCc1ccc(-n2c(-c3ccn[nH]3)nc3cc(OC)ccc32)cc1. The fourth-order valence-electron chi connectivity index (χ4n) is 2.89. The van der Waals surface area contributed by atoms with E-state index in [1.807, 2.05) is 24.3 Å². The van der Waals surface area contributed by atoms with Crippen LogP contribution in [0.4, 0.5) is 0 Å². The molecule has 4 rings (SSSR count). The lowest BCUT2D eigenvalue weighted by atomic mass is 10.1. The fourth-order valence-corrected chi connectivity index (χ4v) is 2.89. The van der Waals surface area contributed by atoms with Gasteiger partial charge in [0, 0.05) is 18.0 Å². The third-order valence-corrected chi connectivity index (χ3v) is 4.21. The van der Waals surface area contributed by atoms with Gasteiger partial charge in [0.2, 0.25) is 0 Å². The van der Waals surface area contributed by atoms with Crippen LogP contribution in [0.25, 0.3) is 28.2 Å². The summed E-state index contributed by atoms with van der Waals surface area (Å²) in [5.74, 6) is 1.63. The van der Waals surface area contributed by atoms with Gasteiger partial charge < -0.3 is 4.74 Å². The van der Waals surface area contributed by atoms with Crippen molar-refractivity contribution < 1.29 is 4.74 Å². The lowest BCUT2D eigenvalue weighted by Crippen LogP contribution is -1.98. The van der Waals surface area contributed by atoms with E-state index in [0.29, 0.717) is 0 Å². The van der Waals surface area contributed by atoms with E-state index >= 15 is 0 Å². The predicted octanol–water partition coefficient (Wildman–Crippen LogP) is 3.99. The smallest absolute Gasteiger partial charge is 0.163 e. The predicted molar refractivity (Wildman–Crippen MR) is 94.6 cm³/mol. The second-order valence-corrected chi connectivity index (χ2v) is 5.62. The zero-order valence-corrected chi connectivity index (χ0v) is 13.7. The van der Waals surface area contributed by atoms with Crippen LogP contribution in [-0.2, 0) is 6.42 Å². The standard InChI is InChI=1S/C19H18N4O/c1-3-13-4-6-14(7-5-13)23-18-9-8-15(24-2)12-17(18)21-19(23)16-10-11-20-22-16/h4-12H,3H2,1-2H3,(H,20,22). The van der Waals surface area contributed by atoms with Crippen molar-refractivity contribution in [1.82, 2.24) is 19.7 Å². The molecule has 0 saturated carbocycles. The van der Waals surface area contributed by atoms with Crippen LogP contribution in [-0.4, -0.2) is 26.9 Å². The first-order chi connectivity index (χ1) is 11.8. The van der Waals surface area contributed by atoms with Gasteiger partial charge in [-0.3, -0.25) is 9.67 Å². The van der Waals surface area contributed by atoms with Crippen molar-refractivity contribution in [3.63, 3.8) is 0 Å². The molecule has 0 atom stereocenters. The maximum absolute atomic E-state index is 5.33. The maximum atomic E-state index is 5.33. The van der Waals surface area contributed by atoms with Crippen molar-refractivity contribution in [3.8, 4) is 23.0 Å². The lowest BCUT2D eigenvalue weighted by molar-refractivity contribution is 0.415. The Hall–Kier alpha value is -3.08. The summed E-state index contributed by atoms with van der Waals surface area (Å²) < 4.78 is 7.47. The summed E-state index contributed by atoms with van der Waals surface area (Å²) in [4.78, 5) is 4.79. The molecule has 0 fully saturated rings. The molecule has 5 heteroatoms. The number of benzene rings is 2. The third-order valence-electron chi connectivity index (χ3n) is 4.21. The number of methoxy groups -OCH3 is 1. The van der Waals surface area contributed by atoms with E-state index in [-0.39, 0.29) is 0 Å². The van der Waals surface area contributed by atoms with Gasteiger partial charge in [-0.2, -0.15) is 5.10 Å². The van der Waals surface area contributed by atoms with Crippen molar-refractivity contribution in [2.24, 2.45) is 0 Å². The van der Waals surface area contributed by atoms with Crippen molar-refractivity contribution in [3.05, 3.63) is 60.3 Å². The van der Waals surface area contributed by atoms with Gasteiger partial charge in [-0.25, -0.2) is 4.98 Å². The van der Waals surface area contributed by atoms with Gasteiger partial charge in [0.25, 0.3) is 0 Å². The van der Waals surface area contributed by atoms with Crippen molar-refractivity contribution in [2.75, 3.05) is 7.11 Å². The number of aryl methyl sites for hydroxylation is 1. The molecule has 0 spiro atoms. The van der Waals surface area contributed by atoms with E-state index in [2.05, 4.69) is 46.0 Å². The topological polar surface area (TPSA) is 55.7 Å². The van der Waals surface area contributed by atoms with Gasteiger partial charge in [-0.15, -0.1) is 0 Å². The van der Waals surface area contributed by atoms with E-state index < -0.39 is 0 Å². The molecule has 0 radical (unpaired) electrons. The lowest BCUT2D eigenvalue weighted by Gasteiger charge is -2.09. The number of aromatic nitrogens is 4. The minimum atomic E-state index is 0.796. The number of imidazole rings is 1. The molecule has 2 aromatic heterocycles. The summed E-state index contributed by atoms with van der Waals surface area (Å²) in [6.07, 6.45) is 2.76. The summed E-state index contributed by atoms with van der Waals surface area (Å²) in [6.45, 7) is 2.16. The summed E-state index contributed by atoms with van der Waals surface area (Å²) in [7, 11) is 1.66. The zero-order valence-electron chi connectivity index (χ0n) is 13.7. The highest BCUT2D eigenvalue weighted by Gasteiger charge is 2.15. The van der Waals surface area contributed by atoms with E-state index in [1.165, 1.54) is 5.56 Å². The number of nitrogens with one attached hydrogen (secondary N) is 1. The van der Waals surface area contributed by atoms with Crippen LogP contribution in [0.1, 0.15) is 12.5 Å². The number of fused-ring (bicyclic) bond motifs is 1. The number of hydrogen-bond donors (Lipinski definition) is 1. The van der Waals surface area contributed by atoms with Crippen molar-refractivity contribution in [1.29, 1.82) is 0 Å². The molecule has 4 aromatic rings. The molecule has 1 N–H and O–H groups in total. The first-order valence-corrected chi connectivity index (χ1v) is 7.95. The van der Waals surface area contributed by atoms with Crippen molar-refractivity contribution >= 4 is 11.0 Å². The minimum Gasteiger partial charge on any atom is -0.497 e. The average Bonchev–Trinajstić information content (AvgIpc) is 3.28. The number of ether oxygens (including phenoxy) is 1. The first kappa shape index (κ1) is 14.5. The van der Waals surface area contributed by atoms with Crippen LogP contribution < -0.4 is 4.74 Å². The van der Waals surface area contributed by atoms with Gasteiger partial charge >= 0.3 is 0 Å². The molecule has 24 heavy (non-hydrogen) atoms. The summed E-state index contributed by atoms with van der Waals surface area (Å²) in [5, 5.41) is 7.07. The molecular weight excluding hydrogens is 300 g/mol. The van der Waals surface area contributed by atoms with Gasteiger partial charge in [0.15, 0.2) is 5.82 Å². The van der Waals surface area contributed by atoms with E-state index in [0.717, 1.165) is 40.4 Å². The molecule has 120 valence electrons. The van der Waals surface area contributed by atoms with E-state index in [9.17, 15) is 0 Å². The Balaban J connectivity index is 1.98. The molecule has 5 nitrogen and oxygen atoms in total. The Morgan fingerprint density at radius 2 is 1.92 bits per heavy atom. The highest BCUT2D eigenvalue weighted by atomic mass is 16.5. The molecule has 0 saturated heterocycles. The highest BCUT2D eigenvalue weighted by Crippen LogP contribution is 2.29. The maximum Gasteiger partial charge on any atom is 0.163 e. The Labute approximate surface area is 139 Å². The Kier molecular flexibility index (Phi) is 3.54. The van der Waals surface area contributed by atoms with Crippen LogP contribution in [0, 0.1) is 0 Å². The number of H-pyrrole nitrogens is 1. The van der Waals surface area contributed by atoms with Crippen LogP contribution in [0.3, 0.4) is 0 Å².